The maximum absolute atomic E-state index is 13.5. The third-order valence-corrected chi connectivity index (χ3v) is 7.12. The van der Waals surface area contributed by atoms with Crippen molar-refractivity contribution in [3.8, 4) is 0 Å². The first-order valence-electron chi connectivity index (χ1n) is 11.0. The Morgan fingerprint density at radius 2 is 1.47 bits per heavy atom. The van der Waals surface area contributed by atoms with Crippen molar-refractivity contribution >= 4 is 16.9 Å². The van der Waals surface area contributed by atoms with Gasteiger partial charge in [-0.15, -0.1) is 0 Å². The summed E-state index contributed by atoms with van der Waals surface area (Å²) in [6.07, 6.45) is -0.855. The fraction of sp³-hybridized carbons (Fsp3) is 0.480. The molecule has 0 aliphatic carbocycles. The van der Waals surface area contributed by atoms with Gasteiger partial charge < -0.3 is 14.2 Å². The fourth-order valence-electron chi connectivity index (χ4n) is 3.98. The van der Waals surface area contributed by atoms with Gasteiger partial charge in [0.25, 0.3) is 5.17 Å². The van der Waals surface area contributed by atoms with E-state index < -0.39 is 12.8 Å². The van der Waals surface area contributed by atoms with E-state index in [2.05, 4.69) is 21.1 Å². The quantitative estimate of drug-likeness (QED) is 0.548. The zero-order chi connectivity index (χ0) is 22.6. The lowest BCUT2D eigenvalue weighted by Crippen LogP contribution is -2.56. The van der Waals surface area contributed by atoms with Crippen LogP contribution in [-0.4, -0.2) is 67.3 Å². The van der Waals surface area contributed by atoms with Gasteiger partial charge in [-0.1, -0.05) is 60.7 Å². The Bertz CT molecular complexity index is 891. The second-order valence-electron chi connectivity index (χ2n) is 9.08. The van der Waals surface area contributed by atoms with Gasteiger partial charge in [0.15, 0.2) is 0 Å². The minimum atomic E-state index is -0.466. The molecule has 5 unspecified atom stereocenters. The molecule has 0 amide bonds. The molecule has 2 aliphatic heterocycles. The van der Waals surface area contributed by atoms with Crippen LogP contribution in [0.2, 0.25) is 0 Å². The van der Waals surface area contributed by atoms with Crippen LogP contribution in [0.4, 0.5) is 4.39 Å². The first-order valence-corrected chi connectivity index (χ1v) is 11.9. The maximum atomic E-state index is 13.5. The summed E-state index contributed by atoms with van der Waals surface area (Å²) in [6, 6.07) is 19.9. The normalized spacial score (nSPS) is 27.8. The van der Waals surface area contributed by atoms with Crippen LogP contribution in [0, 0.1) is 0 Å². The van der Waals surface area contributed by atoms with Gasteiger partial charge in [0, 0.05) is 6.42 Å². The zero-order valence-electron chi connectivity index (χ0n) is 18.9. The number of fused-ring (bicyclic) bond motifs is 1. The van der Waals surface area contributed by atoms with Gasteiger partial charge >= 0.3 is 0 Å². The number of halogens is 1. The number of nitrogens with zero attached hydrogens (tertiary/aromatic N) is 2. The van der Waals surface area contributed by atoms with Crippen molar-refractivity contribution in [3.05, 3.63) is 71.8 Å². The predicted molar refractivity (Wildman–Crippen MR) is 126 cm³/mol. The van der Waals surface area contributed by atoms with Gasteiger partial charge in [-0.3, -0.25) is 8.87 Å². The molecule has 0 bridgehead atoms. The molecular formula is C25H32FN2O3S+. The summed E-state index contributed by atoms with van der Waals surface area (Å²) in [5, 5.41) is 0.982. The SMILES string of the molecule is C[N+](C)(C)C1=NC2C(OC(CCF)C(OCc3ccccc3)C2OCc2ccccc2)S1. The monoisotopic (exact) mass is 459 g/mol. The van der Waals surface area contributed by atoms with E-state index in [-0.39, 0.29) is 30.1 Å². The lowest BCUT2D eigenvalue weighted by atomic mass is 9.95. The molecule has 2 aromatic carbocycles. The molecule has 2 aromatic rings. The first-order chi connectivity index (χ1) is 15.5. The average Bonchev–Trinajstić information content (AvgIpc) is 3.22. The molecule has 0 aromatic heterocycles. The van der Waals surface area contributed by atoms with Crippen LogP contribution in [0.1, 0.15) is 17.5 Å². The third-order valence-electron chi connectivity index (χ3n) is 5.63. The van der Waals surface area contributed by atoms with E-state index in [9.17, 15) is 4.39 Å². The van der Waals surface area contributed by atoms with Crippen molar-refractivity contribution < 1.29 is 23.1 Å². The Labute approximate surface area is 194 Å². The molecular weight excluding hydrogens is 427 g/mol. The topological polar surface area (TPSA) is 40.0 Å². The summed E-state index contributed by atoms with van der Waals surface area (Å²) in [6.45, 7) is 0.397. The number of hydrogen-bond donors (Lipinski definition) is 0. The minimum absolute atomic E-state index is 0.198. The average molecular weight is 460 g/mol. The molecule has 5 atom stereocenters. The van der Waals surface area contributed by atoms with Crippen molar-refractivity contribution in [2.75, 3.05) is 27.8 Å². The number of amidine groups is 1. The highest BCUT2D eigenvalue weighted by molar-refractivity contribution is 8.14. The molecule has 1 fully saturated rings. The molecule has 0 radical (unpaired) electrons. The molecule has 5 nitrogen and oxygen atoms in total. The van der Waals surface area contributed by atoms with E-state index in [1.807, 2.05) is 60.7 Å². The lowest BCUT2D eigenvalue weighted by molar-refractivity contribution is -0.772. The molecule has 4 rings (SSSR count). The Morgan fingerprint density at radius 1 is 0.906 bits per heavy atom. The maximum Gasteiger partial charge on any atom is 0.261 e. The fourth-order valence-corrected chi connectivity index (χ4v) is 5.24. The van der Waals surface area contributed by atoms with Crippen LogP contribution in [0.15, 0.2) is 65.7 Å². The van der Waals surface area contributed by atoms with Crippen LogP contribution < -0.4 is 0 Å². The lowest BCUT2D eigenvalue weighted by Gasteiger charge is -2.42. The summed E-state index contributed by atoms with van der Waals surface area (Å²) >= 11 is 1.62. The van der Waals surface area contributed by atoms with E-state index in [0.717, 1.165) is 16.3 Å². The molecule has 0 spiro atoms. The van der Waals surface area contributed by atoms with Gasteiger partial charge in [-0.2, -0.15) is 0 Å². The molecule has 172 valence electrons. The van der Waals surface area contributed by atoms with Crippen LogP contribution in [0.25, 0.3) is 0 Å². The number of ether oxygens (including phenoxy) is 3. The summed E-state index contributed by atoms with van der Waals surface area (Å²) in [7, 11) is 6.27. The number of quaternary nitrogens is 1. The number of hydrogen-bond acceptors (Lipinski definition) is 5. The summed E-state index contributed by atoms with van der Waals surface area (Å²) in [5.74, 6) is 0. The van der Waals surface area contributed by atoms with Crippen molar-refractivity contribution in [2.45, 2.75) is 49.4 Å². The van der Waals surface area contributed by atoms with Crippen molar-refractivity contribution in [1.82, 2.24) is 0 Å². The Kier molecular flexibility index (Phi) is 7.63. The Hall–Kier alpha value is -1.77. The first kappa shape index (κ1) is 23.4. The standard InChI is InChI=1S/C25H32FN2O3S/c1-28(2,3)25-27-21-23(30-17-19-12-8-5-9-13-19)22(20(14-15-26)31-24(21)32-25)29-16-18-10-6-4-7-11-18/h4-13,20-24H,14-17H2,1-3H3/q+1. The van der Waals surface area contributed by atoms with Crippen LogP contribution in [-0.2, 0) is 27.4 Å². The molecule has 1 saturated heterocycles. The summed E-state index contributed by atoms with van der Waals surface area (Å²) in [5.41, 5.74) is 1.95. The van der Waals surface area contributed by atoms with Gasteiger partial charge in [0.2, 0.25) is 0 Å². The number of aliphatic imine (C=N–C) groups is 1. The number of benzene rings is 2. The Morgan fingerprint density at radius 3 is 2.00 bits per heavy atom. The zero-order valence-corrected chi connectivity index (χ0v) is 19.7. The van der Waals surface area contributed by atoms with E-state index in [0.29, 0.717) is 17.7 Å². The number of thioether (sulfide) groups is 1. The summed E-state index contributed by atoms with van der Waals surface area (Å²) < 4.78 is 33.3. The summed E-state index contributed by atoms with van der Waals surface area (Å²) in [4.78, 5) is 5.00. The number of rotatable bonds is 8. The van der Waals surface area contributed by atoms with Crippen LogP contribution in [0.5, 0.6) is 0 Å². The molecule has 2 heterocycles. The molecule has 7 heteroatoms. The third kappa shape index (κ3) is 5.58. The molecule has 32 heavy (non-hydrogen) atoms. The van der Waals surface area contributed by atoms with Gasteiger partial charge in [0.1, 0.15) is 23.7 Å². The van der Waals surface area contributed by atoms with Crippen molar-refractivity contribution in [3.63, 3.8) is 0 Å². The van der Waals surface area contributed by atoms with Gasteiger partial charge in [-0.25, -0.2) is 4.99 Å². The molecule has 0 N–H and O–H groups in total. The van der Waals surface area contributed by atoms with Gasteiger partial charge in [0.05, 0.1) is 47.1 Å². The van der Waals surface area contributed by atoms with Crippen molar-refractivity contribution in [2.24, 2.45) is 4.99 Å². The van der Waals surface area contributed by atoms with Crippen LogP contribution in [0.3, 0.4) is 0 Å². The van der Waals surface area contributed by atoms with E-state index in [4.69, 9.17) is 19.2 Å². The largest absolute Gasteiger partial charge is 0.368 e. The van der Waals surface area contributed by atoms with E-state index >= 15 is 0 Å². The smallest absolute Gasteiger partial charge is 0.261 e. The second kappa shape index (κ2) is 10.4. The second-order valence-corrected chi connectivity index (χ2v) is 10.1. The highest BCUT2D eigenvalue weighted by atomic mass is 32.2. The highest BCUT2D eigenvalue weighted by Gasteiger charge is 2.52. The number of alkyl halides is 1. The highest BCUT2D eigenvalue weighted by Crippen LogP contribution is 2.41. The van der Waals surface area contributed by atoms with Crippen molar-refractivity contribution in [1.29, 1.82) is 0 Å². The van der Waals surface area contributed by atoms with Gasteiger partial charge in [-0.05, 0) is 22.9 Å². The molecule has 2 aliphatic rings. The Balaban J connectivity index is 1.59. The van der Waals surface area contributed by atoms with E-state index in [1.165, 1.54) is 0 Å². The minimum Gasteiger partial charge on any atom is -0.368 e. The molecule has 0 saturated carbocycles. The predicted octanol–water partition coefficient (Wildman–Crippen LogP) is 4.42. The van der Waals surface area contributed by atoms with E-state index in [1.54, 1.807) is 11.8 Å². The van der Waals surface area contributed by atoms with Crippen LogP contribution >= 0.6 is 11.8 Å².